The van der Waals surface area contributed by atoms with E-state index in [1.54, 1.807) is 36.3 Å². The van der Waals surface area contributed by atoms with Crippen molar-refractivity contribution in [1.29, 1.82) is 0 Å². The van der Waals surface area contributed by atoms with Gasteiger partial charge in [0, 0.05) is 32.2 Å². The molecule has 0 unspecified atom stereocenters. The number of carbonyl (C=O) groups is 1. The number of hydrogen-bond acceptors (Lipinski definition) is 7. The highest BCUT2D eigenvalue weighted by Crippen LogP contribution is 2.15. The minimum atomic E-state index is -0.0697. The zero-order valence-corrected chi connectivity index (χ0v) is 14.4. The molecule has 1 heterocycles. The lowest BCUT2D eigenvalue weighted by Crippen LogP contribution is -2.30. The topological polar surface area (TPSA) is 92.5 Å². The molecule has 24 heavy (non-hydrogen) atoms. The van der Waals surface area contributed by atoms with Gasteiger partial charge in [0.2, 0.25) is 11.8 Å². The first-order valence-corrected chi connectivity index (χ1v) is 7.65. The van der Waals surface area contributed by atoms with Crippen molar-refractivity contribution >= 4 is 17.5 Å². The van der Waals surface area contributed by atoms with Crippen molar-refractivity contribution in [1.82, 2.24) is 15.5 Å². The minimum Gasteiger partial charge on any atom is -0.497 e. The van der Waals surface area contributed by atoms with Crippen molar-refractivity contribution in [3.8, 4) is 5.75 Å². The third-order valence-electron chi connectivity index (χ3n) is 3.32. The van der Waals surface area contributed by atoms with Crippen molar-refractivity contribution < 1.29 is 14.1 Å². The molecule has 0 fully saturated rings. The van der Waals surface area contributed by atoms with Crippen LogP contribution in [-0.2, 0) is 11.3 Å². The Morgan fingerprint density at radius 2 is 2.04 bits per heavy atom. The van der Waals surface area contributed by atoms with Gasteiger partial charge in [-0.25, -0.2) is 0 Å². The van der Waals surface area contributed by atoms with E-state index in [2.05, 4.69) is 20.8 Å². The zero-order chi connectivity index (χ0) is 17.5. The average Bonchev–Trinajstić information content (AvgIpc) is 3.03. The van der Waals surface area contributed by atoms with Crippen LogP contribution in [0.25, 0.3) is 0 Å². The summed E-state index contributed by atoms with van der Waals surface area (Å²) in [6, 6.07) is 7.18. The number of nitrogens with zero attached hydrogens (tertiary/aromatic N) is 3. The van der Waals surface area contributed by atoms with Crippen molar-refractivity contribution in [2.75, 3.05) is 31.4 Å². The Bertz CT molecular complexity index is 654. The van der Waals surface area contributed by atoms with Crippen LogP contribution in [0.15, 0.2) is 28.8 Å². The largest absolute Gasteiger partial charge is 0.497 e. The Morgan fingerprint density at radius 3 is 2.62 bits per heavy atom. The summed E-state index contributed by atoms with van der Waals surface area (Å²) >= 11 is 0. The number of rotatable bonds is 8. The summed E-state index contributed by atoms with van der Waals surface area (Å²) in [6.45, 7) is 2.34. The molecule has 130 valence electrons. The maximum absolute atomic E-state index is 12.0. The fourth-order valence-electron chi connectivity index (χ4n) is 2.00. The maximum atomic E-state index is 12.0. The molecule has 2 aromatic rings. The van der Waals surface area contributed by atoms with Crippen LogP contribution in [0.3, 0.4) is 0 Å². The van der Waals surface area contributed by atoms with E-state index in [1.165, 1.54) is 0 Å². The van der Waals surface area contributed by atoms with E-state index < -0.39 is 0 Å². The Hall–Kier alpha value is -2.61. The van der Waals surface area contributed by atoms with Gasteiger partial charge in [0.1, 0.15) is 5.75 Å². The Balaban J connectivity index is 1.76. The van der Waals surface area contributed by atoms with E-state index in [9.17, 15) is 4.79 Å². The average molecular weight is 333 g/mol. The number of hydrogen-bond donors (Lipinski definition) is 2. The van der Waals surface area contributed by atoms with Crippen LogP contribution in [0.1, 0.15) is 19.2 Å². The van der Waals surface area contributed by atoms with E-state index >= 15 is 0 Å². The second kappa shape index (κ2) is 8.30. The molecular formula is C16H23N5O3. The molecule has 8 heteroatoms. The predicted octanol–water partition coefficient (Wildman–Crippen LogP) is 1.65. The van der Waals surface area contributed by atoms with Crippen molar-refractivity contribution in [2.45, 2.75) is 25.9 Å². The van der Waals surface area contributed by atoms with Gasteiger partial charge in [-0.15, -0.1) is 0 Å². The number of anilines is 2. The monoisotopic (exact) mass is 333 g/mol. The van der Waals surface area contributed by atoms with Crippen molar-refractivity contribution in [3.05, 3.63) is 30.2 Å². The van der Waals surface area contributed by atoms with Gasteiger partial charge in [-0.3, -0.25) is 4.79 Å². The Kier molecular flexibility index (Phi) is 6.14. The summed E-state index contributed by atoms with van der Waals surface area (Å²) in [5.74, 6) is 1.69. The smallest absolute Gasteiger partial charge is 0.265 e. The second-order valence-corrected chi connectivity index (χ2v) is 5.65. The molecule has 0 aliphatic rings. The number of methoxy groups -OCH3 is 1. The zero-order valence-electron chi connectivity index (χ0n) is 14.4. The van der Waals surface area contributed by atoms with E-state index in [0.29, 0.717) is 24.8 Å². The standard InChI is InChI=1S/C16H23N5O3/c1-11(17-10-15-19-16(20-24-15)21(2)3)9-14(22)18-12-5-7-13(23-4)8-6-12/h5-8,11,17H,9-10H2,1-4H3,(H,18,22)/t11-/m0/s1. The van der Waals surface area contributed by atoms with Crippen LogP contribution in [0.5, 0.6) is 5.75 Å². The maximum Gasteiger partial charge on any atom is 0.265 e. The van der Waals surface area contributed by atoms with Gasteiger partial charge >= 0.3 is 0 Å². The lowest BCUT2D eigenvalue weighted by Gasteiger charge is -2.12. The van der Waals surface area contributed by atoms with E-state index in [1.807, 2.05) is 21.0 Å². The normalized spacial score (nSPS) is 11.8. The molecule has 0 aliphatic carbocycles. The van der Waals surface area contributed by atoms with Crippen LogP contribution < -0.4 is 20.3 Å². The summed E-state index contributed by atoms with van der Waals surface area (Å²) in [5, 5.41) is 9.87. The first kappa shape index (κ1) is 17.7. The third-order valence-corrected chi connectivity index (χ3v) is 3.32. The highest BCUT2D eigenvalue weighted by Gasteiger charge is 2.12. The SMILES string of the molecule is COc1ccc(NC(=O)C[C@H](C)NCc2nc(N(C)C)no2)cc1. The van der Waals surface area contributed by atoms with Crippen LogP contribution >= 0.6 is 0 Å². The number of benzene rings is 1. The first-order chi connectivity index (χ1) is 11.5. The fraction of sp³-hybridized carbons (Fsp3) is 0.438. The second-order valence-electron chi connectivity index (χ2n) is 5.65. The minimum absolute atomic E-state index is 0.0297. The highest BCUT2D eigenvalue weighted by atomic mass is 16.5. The number of carbonyl (C=O) groups excluding carboxylic acids is 1. The molecule has 1 atom stereocenters. The van der Waals surface area contributed by atoms with Crippen molar-refractivity contribution in [2.24, 2.45) is 0 Å². The summed E-state index contributed by atoms with van der Waals surface area (Å²) in [5.41, 5.74) is 0.737. The fourth-order valence-corrected chi connectivity index (χ4v) is 2.00. The van der Waals surface area contributed by atoms with Gasteiger partial charge in [-0.2, -0.15) is 4.98 Å². The molecule has 8 nitrogen and oxygen atoms in total. The number of amides is 1. The van der Waals surface area contributed by atoms with Crippen LogP contribution in [0, 0.1) is 0 Å². The molecule has 1 amide bonds. The summed E-state index contributed by atoms with van der Waals surface area (Å²) in [6.07, 6.45) is 0.334. The Morgan fingerprint density at radius 1 is 1.33 bits per heavy atom. The molecular weight excluding hydrogens is 310 g/mol. The summed E-state index contributed by atoms with van der Waals surface area (Å²) in [4.78, 5) is 18.0. The van der Waals surface area contributed by atoms with Gasteiger partial charge in [0.15, 0.2) is 0 Å². The molecule has 1 aromatic carbocycles. The van der Waals surface area contributed by atoms with Crippen LogP contribution in [0.4, 0.5) is 11.6 Å². The predicted molar refractivity (Wildman–Crippen MR) is 91.2 cm³/mol. The molecule has 2 N–H and O–H groups in total. The molecule has 0 spiro atoms. The number of nitrogens with one attached hydrogen (secondary N) is 2. The highest BCUT2D eigenvalue weighted by molar-refractivity contribution is 5.91. The van der Waals surface area contributed by atoms with Crippen LogP contribution in [-0.4, -0.2) is 43.3 Å². The molecule has 0 radical (unpaired) electrons. The molecule has 0 saturated heterocycles. The van der Waals surface area contributed by atoms with Gasteiger partial charge in [-0.1, -0.05) is 0 Å². The Labute approximate surface area is 141 Å². The first-order valence-electron chi connectivity index (χ1n) is 7.65. The number of ether oxygens (including phenoxy) is 1. The van der Waals surface area contributed by atoms with Gasteiger partial charge in [0.05, 0.1) is 13.7 Å². The molecule has 0 bridgehead atoms. The van der Waals surface area contributed by atoms with Gasteiger partial charge in [-0.05, 0) is 36.3 Å². The summed E-state index contributed by atoms with van der Waals surface area (Å²) in [7, 11) is 5.29. The van der Waals surface area contributed by atoms with Gasteiger partial charge < -0.3 is 24.8 Å². The van der Waals surface area contributed by atoms with Gasteiger partial charge in [0.25, 0.3) is 5.95 Å². The van der Waals surface area contributed by atoms with Crippen LogP contribution in [0.2, 0.25) is 0 Å². The van der Waals surface area contributed by atoms with E-state index in [0.717, 1.165) is 11.4 Å². The molecule has 2 rings (SSSR count). The number of aromatic nitrogens is 2. The third kappa shape index (κ3) is 5.24. The van der Waals surface area contributed by atoms with E-state index in [-0.39, 0.29) is 11.9 Å². The quantitative estimate of drug-likeness (QED) is 0.759. The lowest BCUT2D eigenvalue weighted by molar-refractivity contribution is -0.116. The van der Waals surface area contributed by atoms with E-state index in [4.69, 9.17) is 9.26 Å². The summed E-state index contributed by atoms with van der Waals surface area (Å²) < 4.78 is 10.2. The molecule has 0 aliphatic heterocycles. The molecule has 1 aromatic heterocycles. The van der Waals surface area contributed by atoms with Crippen molar-refractivity contribution in [3.63, 3.8) is 0 Å². The molecule has 0 saturated carbocycles. The lowest BCUT2D eigenvalue weighted by atomic mass is 10.2.